The van der Waals surface area contributed by atoms with Crippen molar-refractivity contribution in [3.8, 4) is 5.88 Å². The Morgan fingerprint density at radius 3 is 3.17 bits per heavy atom. The molecule has 1 fully saturated rings. The van der Waals surface area contributed by atoms with Crippen LogP contribution in [0.15, 0.2) is 12.3 Å². The average Bonchev–Trinajstić information content (AvgIpc) is 2.57. The summed E-state index contributed by atoms with van der Waals surface area (Å²) in [6.07, 6.45) is 5.51. The van der Waals surface area contributed by atoms with Crippen molar-refractivity contribution in [1.82, 2.24) is 15.3 Å². The van der Waals surface area contributed by atoms with Gasteiger partial charge in [-0.25, -0.2) is 4.98 Å². The van der Waals surface area contributed by atoms with Gasteiger partial charge in [0.2, 0.25) is 11.8 Å². The highest BCUT2D eigenvalue weighted by Gasteiger charge is 2.13. The van der Waals surface area contributed by atoms with Crippen LogP contribution in [0.4, 0.5) is 5.95 Å². The normalized spacial score (nSPS) is 20.5. The van der Waals surface area contributed by atoms with E-state index in [1.165, 1.54) is 12.8 Å². The van der Waals surface area contributed by atoms with Gasteiger partial charge in [0.25, 0.3) is 0 Å². The molecule has 0 radical (unpaired) electrons. The van der Waals surface area contributed by atoms with Crippen molar-refractivity contribution in [3.05, 3.63) is 12.3 Å². The van der Waals surface area contributed by atoms with Gasteiger partial charge in [-0.05, 0) is 33.2 Å². The maximum absolute atomic E-state index is 5.56. The maximum atomic E-state index is 5.56. The summed E-state index contributed by atoms with van der Waals surface area (Å²) >= 11 is 0. The molecule has 0 bridgehead atoms. The third-order valence-corrected chi connectivity index (χ3v) is 2.87. The second kappa shape index (κ2) is 6.54. The van der Waals surface area contributed by atoms with Crippen molar-refractivity contribution < 1.29 is 4.74 Å². The van der Waals surface area contributed by atoms with Crippen LogP contribution in [0.5, 0.6) is 5.88 Å². The van der Waals surface area contributed by atoms with E-state index in [0.717, 1.165) is 19.5 Å². The number of ether oxygens (including phenoxy) is 1. The quantitative estimate of drug-likeness (QED) is 0.853. The number of hydrogen-bond acceptors (Lipinski definition) is 5. The Kier molecular flexibility index (Phi) is 4.75. The summed E-state index contributed by atoms with van der Waals surface area (Å²) in [6.45, 7) is 6.06. The van der Waals surface area contributed by atoms with E-state index in [4.69, 9.17) is 4.74 Å². The van der Waals surface area contributed by atoms with Gasteiger partial charge in [-0.15, -0.1) is 0 Å². The molecule has 1 saturated heterocycles. The van der Waals surface area contributed by atoms with E-state index in [1.807, 2.05) is 13.8 Å². The molecular formula is C13H22N4O. The molecule has 1 atom stereocenters. The van der Waals surface area contributed by atoms with Crippen LogP contribution in [0.2, 0.25) is 0 Å². The number of aromatic nitrogens is 2. The van der Waals surface area contributed by atoms with Gasteiger partial charge in [0, 0.05) is 24.8 Å². The van der Waals surface area contributed by atoms with Gasteiger partial charge in [0.1, 0.15) is 0 Å². The fraction of sp³-hybridized carbons (Fsp3) is 0.692. The molecule has 1 unspecified atom stereocenters. The van der Waals surface area contributed by atoms with Gasteiger partial charge in [0.05, 0.1) is 6.10 Å². The fourth-order valence-corrected chi connectivity index (χ4v) is 2.04. The first-order valence-corrected chi connectivity index (χ1v) is 6.71. The molecule has 100 valence electrons. The standard InChI is InChI=1S/C13H22N4O/c1-10(2)18-12-6-8-15-13(17-12)16-11-5-3-4-7-14-9-11/h6,8,10-11,14H,3-5,7,9H2,1-2H3,(H,15,16,17). The summed E-state index contributed by atoms with van der Waals surface area (Å²) in [5.41, 5.74) is 0. The zero-order valence-electron chi connectivity index (χ0n) is 11.1. The zero-order valence-corrected chi connectivity index (χ0v) is 11.1. The summed E-state index contributed by atoms with van der Waals surface area (Å²) in [4.78, 5) is 8.61. The SMILES string of the molecule is CC(C)Oc1ccnc(NC2CCCCNC2)n1. The fourth-order valence-electron chi connectivity index (χ4n) is 2.04. The number of hydrogen-bond donors (Lipinski definition) is 2. The minimum absolute atomic E-state index is 0.132. The maximum Gasteiger partial charge on any atom is 0.226 e. The lowest BCUT2D eigenvalue weighted by Gasteiger charge is -2.16. The molecule has 1 aromatic rings. The van der Waals surface area contributed by atoms with E-state index in [0.29, 0.717) is 17.9 Å². The number of rotatable bonds is 4. The first-order chi connectivity index (χ1) is 8.74. The van der Waals surface area contributed by atoms with Gasteiger partial charge >= 0.3 is 0 Å². The van der Waals surface area contributed by atoms with E-state index in [1.54, 1.807) is 12.3 Å². The molecule has 0 saturated carbocycles. The van der Waals surface area contributed by atoms with Crippen LogP contribution in [0.3, 0.4) is 0 Å². The van der Waals surface area contributed by atoms with E-state index in [2.05, 4.69) is 20.6 Å². The highest BCUT2D eigenvalue weighted by Crippen LogP contribution is 2.13. The van der Waals surface area contributed by atoms with Crippen LogP contribution in [0.25, 0.3) is 0 Å². The van der Waals surface area contributed by atoms with Crippen molar-refractivity contribution in [2.45, 2.75) is 45.3 Å². The summed E-state index contributed by atoms with van der Waals surface area (Å²) in [6, 6.07) is 2.19. The van der Waals surface area contributed by atoms with Crippen LogP contribution in [0.1, 0.15) is 33.1 Å². The number of anilines is 1. The third-order valence-electron chi connectivity index (χ3n) is 2.87. The average molecular weight is 250 g/mol. The lowest BCUT2D eigenvalue weighted by atomic mass is 10.1. The van der Waals surface area contributed by atoms with Gasteiger partial charge in [-0.1, -0.05) is 6.42 Å². The molecule has 0 aromatic carbocycles. The molecule has 0 aliphatic carbocycles. The number of nitrogens with zero attached hydrogens (tertiary/aromatic N) is 2. The summed E-state index contributed by atoms with van der Waals surface area (Å²) in [5, 5.41) is 6.78. The Bertz CT molecular complexity index is 362. The highest BCUT2D eigenvalue weighted by atomic mass is 16.5. The Morgan fingerprint density at radius 1 is 1.44 bits per heavy atom. The minimum Gasteiger partial charge on any atom is -0.475 e. The molecule has 1 aliphatic heterocycles. The van der Waals surface area contributed by atoms with Gasteiger partial charge in [-0.2, -0.15) is 4.98 Å². The van der Waals surface area contributed by atoms with Gasteiger partial charge < -0.3 is 15.4 Å². The second-order valence-electron chi connectivity index (χ2n) is 4.93. The van der Waals surface area contributed by atoms with Crippen LogP contribution < -0.4 is 15.4 Å². The molecule has 0 spiro atoms. The third kappa shape index (κ3) is 4.14. The highest BCUT2D eigenvalue weighted by molar-refractivity contribution is 5.29. The molecule has 1 aromatic heterocycles. The second-order valence-corrected chi connectivity index (χ2v) is 4.93. The molecule has 5 heteroatoms. The lowest BCUT2D eigenvalue weighted by Crippen LogP contribution is -2.31. The van der Waals surface area contributed by atoms with Crippen molar-refractivity contribution in [2.24, 2.45) is 0 Å². The topological polar surface area (TPSA) is 59.1 Å². The molecule has 5 nitrogen and oxygen atoms in total. The molecule has 2 heterocycles. The Morgan fingerprint density at radius 2 is 2.33 bits per heavy atom. The Balaban J connectivity index is 1.95. The van der Waals surface area contributed by atoms with Gasteiger partial charge in [-0.3, -0.25) is 0 Å². The van der Waals surface area contributed by atoms with Crippen LogP contribution in [-0.2, 0) is 0 Å². The van der Waals surface area contributed by atoms with Crippen LogP contribution in [-0.4, -0.2) is 35.2 Å². The predicted octanol–water partition coefficient (Wildman–Crippen LogP) is 1.82. The summed E-state index contributed by atoms with van der Waals surface area (Å²) < 4.78 is 5.56. The van der Waals surface area contributed by atoms with E-state index in [9.17, 15) is 0 Å². The van der Waals surface area contributed by atoms with Crippen LogP contribution >= 0.6 is 0 Å². The zero-order chi connectivity index (χ0) is 12.8. The largest absolute Gasteiger partial charge is 0.475 e. The summed E-state index contributed by atoms with van der Waals surface area (Å²) in [5.74, 6) is 1.28. The van der Waals surface area contributed by atoms with E-state index >= 15 is 0 Å². The van der Waals surface area contributed by atoms with E-state index in [-0.39, 0.29) is 6.10 Å². The van der Waals surface area contributed by atoms with Crippen molar-refractivity contribution in [2.75, 3.05) is 18.4 Å². The van der Waals surface area contributed by atoms with Crippen molar-refractivity contribution in [1.29, 1.82) is 0 Å². The van der Waals surface area contributed by atoms with Crippen molar-refractivity contribution in [3.63, 3.8) is 0 Å². The molecule has 2 rings (SSSR count). The monoisotopic (exact) mass is 250 g/mol. The van der Waals surface area contributed by atoms with Crippen molar-refractivity contribution >= 4 is 5.95 Å². The first kappa shape index (κ1) is 13.1. The summed E-state index contributed by atoms with van der Waals surface area (Å²) in [7, 11) is 0. The minimum atomic E-state index is 0.132. The predicted molar refractivity (Wildman–Crippen MR) is 71.9 cm³/mol. The Labute approximate surface area is 108 Å². The number of nitrogens with one attached hydrogen (secondary N) is 2. The van der Waals surface area contributed by atoms with Crippen LogP contribution in [0, 0.1) is 0 Å². The smallest absolute Gasteiger partial charge is 0.226 e. The first-order valence-electron chi connectivity index (χ1n) is 6.71. The molecule has 1 aliphatic rings. The lowest BCUT2D eigenvalue weighted by molar-refractivity contribution is 0.232. The molecule has 2 N–H and O–H groups in total. The molecule has 0 amide bonds. The molecular weight excluding hydrogens is 228 g/mol. The van der Waals surface area contributed by atoms with Gasteiger partial charge in [0.15, 0.2) is 0 Å². The molecule has 18 heavy (non-hydrogen) atoms. The van der Waals surface area contributed by atoms with E-state index < -0.39 is 0 Å². The Hall–Kier alpha value is -1.36.